The zero-order valence-corrected chi connectivity index (χ0v) is 16.0. The molecule has 0 bridgehead atoms. The second-order valence-electron chi connectivity index (χ2n) is 6.29. The molecule has 4 rings (SSSR count). The molecule has 166 valence electrons. The summed E-state index contributed by atoms with van der Waals surface area (Å²) in [4.78, 5) is 20.0. The van der Waals surface area contributed by atoms with Crippen molar-refractivity contribution in [1.82, 2.24) is 19.6 Å². The molecule has 0 aliphatic carbocycles. The van der Waals surface area contributed by atoms with Crippen molar-refractivity contribution in [3.8, 4) is 11.5 Å². The van der Waals surface area contributed by atoms with E-state index >= 15 is 0 Å². The number of halogens is 7. The maximum absolute atomic E-state index is 13.5. The first-order valence-corrected chi connectivity index (χ1v) is 8.88. The number of hydrogen-bond donors (Lipinski definition) is 1. The number of carbonyl (C=O) groups excluding carboxylic acids is 1. The average molecular weight is 476 g/mol. The van der Waals surface area contributed by atoms with Crippen molar-refractivity contribution in [2.45, 2.75) is 12.4 Å². The van der Waals surface area contributed by atoms with Gasteiger partial charge < -0.3 is 9.73 Å². The predicted molar refractivity (Wildman–Crippen MR) is 97.9 cm³/mol. The SMILES string of the molecule is O=C(Nc1ccc(Cl)cc1C(F)(F)F)c1nc2nc(-c3ccco3)cc(C(F)(F)F)n2n1. The van der Waals surface area contributed by atoms with Gasteiger partial charge in [-0.2, -0.15) is 35.8 Å². The topological polar surface area (TPSA) is 85.3 Å². The molecule has 0 spiro atoms. The zero-order chi connectivity index (χ0) is 23.3. The van der Waals surface area contributed by atoms with E-state index < -0.39 is 46.8 Å². The first-order chi connectivity index (χ1) is 14.9. The molecule has 0 unspecified atom stereocenters. The first-order valence-electron chi connectivity index (χ1n) is 8.50. The monoisotopic (exact) mass is 475 g/mol. The number of furan rings is 1. The summed E-state index contributed by atoms with van der Waals surface area (Å²) in [5, 5.41) is 5.19. The van der Waals surface area contributed by atoms with Crippen LogP contribution in [-0.4, -0.2) is 25.5 Å². The lowest BCUT2D eigenvalue weighted by molar-refractivity contribution is -0.142. The van der Waals surface area contributed by atoms with Crippen LogP contribution < -0.4 is 5.32 Å². The van der Waals surface area contributed by atoms with Crippen molar-refractivity contribution in [3.05, 3.63) is 64.8 Å². The molecule has 14 heteroatoms. The summed E-state index contributed by atoms with van der Waals surface area (Å²) in [5.74, 6) is -2.72. The predicted octanol–water partition coefficient (Wildman–Crippen LogP) is 5.33. The van der Waals surface area contributed by atoms with Gasteiger partial charge in [-0.05, 0) is 36.4 Å². The molecular weight excluding hydrogens is 468 g/mol. The highest BCUT2D eigenvalue weighted by molar-refractivity contribution is 6.30. The van der Waals surface area contributed by atoms with Crippen LogP contribution in [0.15, 0.2) is 47.1 Å². The van der Waals surface area contributed by atoms with E-state index in [4.69, 9.17) is 16.0 Å². The van der Waals surface area contributed by atoms with E-state index in [1.165, 1.54) is 18.4 Å². The van der Waals surface area contributed by atoms with Gasteiger partial charge in [-0.15, -0.1) is 5.10 Å². The molecule has 3 aromatic heterocycles. The van der Waals surface area contributed by atoms with Crippen molar-refractivity contribution in [2.75, 3.05) is 5.32 Å². The molecule has 32 heavy (non-hydrogen) atoms. The molecular formula is C18H8ClF6N5O2. The Morgan fingerprint density at radius 1 is 1.03 bits per heavy atom. The molecule has 0 radical (unpaired) electrons. The number of nitrogens with one attached hydrogen (secondary N) is 1. The lowest BCUT2D eigenvalue weighted by Crippen LogP contribution is -2.18. The lowest BCUT2D eigenvalue weighted by atomic mass is 10.1. The third kappa shape index (κ3) is 4.10. The quantitative estimate of drug-likeness (QED) is 0.405. The third-order valence-corrected chi connectivity index (χ3v) is 4.35. The summed E-state index contributed by atoms with van der Waals surface area (Å²) < 4.78 is 85.6. The number of alkyl halides is 6. The van der Waals surface area contributed by atoms with Gasteiger partial charge in [-0.25, -0.2) is 4.98 Å². The smallest absolute Gasteiger partial charge is 0.433 e. The molecule has 4 aromatic rings. The summed E-state index contributed by atoms with van der Waals surface area (Å²) >= 11 is 5.58. The third-order valence-electron chi connectivity index (χ3n) is 4.11. The van der Waals surface area contributed by atoms with Gasteiger partial charge in [-0.3, -0.25) is 4.79 Å². The van der Waals surface area contributed by atoms with Crippen molar-refractivity contribution in [2.24, 2.45) is 0 Å². The van der Waals surface area contributed by atoms with Gasteiger partial charge >= 0.3 is 12.4 Å². The fourth-order valence-electron chi connectivity index (χ4n) is 2.76. The fourth-order valence-corrected chi connectivity index (χ4v) is 2.93. The van der Waals surface area contributed by atoms with Crippen LogP contribution in [0.4, 0.5) is 32.0 Å². The van der Waals surface area contributed by atoms with Crippen molar-refractivity contribution < 1.29 is 35.6 Å². The maximum Gasteiger partial charge on any atom is 0.433 e. The molecule has 0 fully saturated rings. The average Bonchev–Trinajstić information content (AvgIpc) is 3.36. The Morgan fingerprint density at radius 2 is 1.78 bits per heavy atom. The minimum Gasteiger partial charge on any atom is -0.463 e. The van der Waals surface area contributed by atoms with Gasteiger partial charge in [0.1, 0.15) is 5.69 Å². The summed E-state index contributed by atoms with van der Waals surface area (Å²) in [6.07, 6.45) is -8.55. The Balaban J connectivity index is 1.77. The van der Waals surface area contributed by atoms with Crippen molar-refractivity contribution in [3.63, 3.8) is 0 Å². The fraction of sp³-hybridized carbons (Fsp3) is 0.111. The minimum absolute atomic E-state index is 0.00276. The van der Waals surface area contributed by atoms with E-state index in [2.05, 4.69) is 15.1 Å². The van der Waals surface area contributed by atoms with Gasteiger partial charge in [0.25, 0.3) is 11.7 Å². The van der Waals surface area contributed by atoms with Crippen LogP contribution in [0, 0.1) is 0 Å². The van der Waals surface area contributed by atoms with E-state index in [1.54, 1.807) is 0 Å². The number of nitrogens with zero attached hydrogens (tertiary/aromatic N) is 4. The highest BCUT2D eigenvalue weighted by atomic mass is 35.5. The number of fused-ring (bicyclic) bond motifs is 1. The highest BCUT2D eigenvalue weighted by Crippen LogP contribution is 2.37. The van der Waals surface area contributed by atoms with E-state index in [-0.39, 0.29) is 21.0 Å². The van der Waals surface area contributed by atoms with Crippen molar-refractivity contribution in [1.29, 1.82) is 0 Å². The van der Waals surface area contributed by atoms with Crippen LogP contribution in [-0.2, 0) is 12.4 Å². The van der Waals surface area contributed by atoms with Gasteiger partial charge in [0.05, 0.1) is 17.5 Å². The largest absolute Gasteiger partial charge is 0.463 e. The van der Waals surface area contributed by atoms with Gasteiger partial charge in [0, 0.05) is 5.02 Å². The molecule has 0 saturated carbocycles. The Kier molecular flexibility index (Phi) is 5.07. The molecule has 0 saturated heterocycles. The number of amides is 1. The number of rotatable bonds is 3. The molecule has 0 aliphatic rings. The molecule has 3 heterocycles. The molecule has 1 N–H and O–H groups in total. The summed E-state index contributed by atoms with van der Waals surface area (Å²) in [7, 11) is 0. The number of carbonyl (C=O) groups is 1. The van der Waals surface area contributed by atoms with Gasteiger partial charge in [0.2, 0.25) is 5.82 Å². The number of benzene rings is 1. The maximum atomic E-state index is 13.5. The van der Waals surface area contributed by atoms with Crippen LogP contribution >= 0.6 is 11.6 Å². The van der Waals surface area contributed by atoms with Crippen molar-refractivity contribution >= 4 is 29.0 Å². The van der Waals surface area contributed by atoms with Crippen LogP contribution in [0.3, 0.4) is 0 Å². The zero-order valence-electron chi connectivity index (χ0n) is 15.3. The molecule has 0 atom stereocenters. The minimum atomic E-state index is -4.91. The van der Waals surface area contributed by atoms with Crippen LogP contribution in [0.1, 0.15) is 21.9 Å². The molecule has 0 aliphatic heterocycles. The second-order valence-corrected chi connectivity index (χ2v) is 6.73. The van der Waals surface area contributed by atoms with Gasteiger partial charge in [-0.1, -0.05) is 11.6 Å². The van der Waals surface area contributed by atoms with E-state index in [1.807, 2.05) is 5.32 Å². The molecule has 7 nitrogen and oxygen atoms in total. The van der Waals surface area contributed by atoms with E-state index in [0.717, 1.165) is 12.1 Å². The lowest BCUT2D eigenvalue weighted by Gasteiger charge is -2.13. The summed E-state index contributed by atoms with van der Waals surface area (Å²) in [6, 6.07) is 6.02. The van der Waals surface area contributed by atoms with E-state index in [9.17, 15) is 31.1 Å². The summed E-state index contributed by atoms with van der Waals surface area (Å²) in [5.41, 5.74) is -3.48. The number of anilines is 1. The standard InChI is InChI=1S/C18H8ClF6N5O2/c19-8-3-4-10(9(6-8)17(20,21)22)26-15(31)14-28-16-27-11(12-2-1-5-32-12)7-13(18(23,24)25)30(16)29-14/h1-7H,(H,26,31). The highest BCUT2D eigenvalue weighted by Gasteiger charge is 2.37. The Morgan fingerprint density at radius 3 is 2.41 bits per heavy atom. The number of hydrogen-bond acceptors (Lipinski definition) is 5. The van der Waals surface area contributed by atoms with Crippen LogP contribution in [0.25, 0.3) is 17.2 Å². The molecule has 1 aromatic carbocycles. The Hall–Kier alpha value is -3.61. The Bertz CT molecular complexity index is 1310. The number of aromatic nitrogens is 4. The van der Waals surface area contributed by atoms with Crippen LogP contribution in [0.5, 0.6) is 0 Å². The summed E-state index contributed by atoms with van der Waals surface area (Å²) in [6.45, 7) is 0. The van der Waals surface area contributed by atoms with Crippen LogP contribution in [0.2, 0.25) is 5.02 Å². The first kappa shape index (κ1) is 21.6. The second kappa shape index (κ2) is 7.51. The van der Waals surface area contributed by atoms with E-state index in [0.29, 0.717) is 12.1 Å². The normalized spacial score (nSPS) is 12.3. The van der Waals surface area contributed by atoms with Gasteiger partial charge in [0.15, 0.2) is 11.5 Å². The Labute approximate surface area is 178 Å². The molecule has 1 amide bonds.